The molecule has 1 aliphatic rings. The van der Waals surface area contributed by atoms with E-state index < -0.39 is 0 Å². The number of pyridine rings is 1. The van der Waals surface area contributed by atoms with Crippen LogP contribution in [-0.4, -0.2) is 20.1 Å². The summed E-state index contributed by atoms with van der Waals surface area (Å²) in [5.74, 6) is 0. The Labute approximate surface area is 155 Å². The smallest absolute Gasteiger partial charge is 0.297 e. The van der Waals surface area contributed by atoms with Gasteiger partial charge in [0.1, 0.15) is 5.52 Å². The summed E-state index contributed by atoms with van der Waals surface area (Å²) in [5.41, 5.74) is 3.84. The van der Waals surface area contributed by atoms with E-state index in [0.717, 1.165) is 22.2 Å². The Morgan fingerprint density at radius 3 is 2.85 bits per heavy atom. The van der Waals surface area contributed by atoms with Crippen LogP contribution in [0.25, 0.3) is 22.2 Å². The second-order valence-electron chi connectivity index (χ2n) is 7.62. The zero-order chi connectivity index (χ0) is 18.6. The highest BCUT2D eigenvalue weighted by Gasteiger charge is 2.28. The first-order valence-electron chi connectivity index (χ1n) is 8.98. The van der Waals surface area contributed by atoms with Crippen LogP contribution >= 0.6 is 0 Å². The normalized spacial score (nSPS) is 15.9. The van der Waals surface area contributed by atoms with E-state index in [2.05, 4.69) is 9.97 Å². The van der Waals surface area contributed by atoms with Crippen molar-refractivity contribution in [2.75, 3.05) is 0 Å². The van der Waals surface area contributed by atoms with Gasteiger partial charge in [-0.25, -0.2) is 9.97 Å². The van der Waals surface area contributed by atoms with Crippen molar-refractivity contribution in [2.45, 2.75) is 39.0 Å². The standard InChI is InChI=1S/C21H19N3O3/c1-21(2)9-16-14(11-26-21)8-15-17-18(27-19(15)23-16)20(25)24(12-22-17)10-13-6-4-3-5-7-13/h3-8,12H,9-11H2,1-2H3. The zero-order valence-corrected chi connectivity index (χ0v) is 15.2. The lowest BCUT2D eigenvalue weighted by atomic mass is 9.95. The van der Waals surface area contributed by atoms with Gasteiger partial charge in [0.25, 0.3) is 5.56 Å². The topological polar surface area (TPSA) is 70.2 Å². The van der Waals surface area contributed by atoms with E-state index in [1.807, 2.05) is 50.2 Å². The van der Waals surface area contributed by atoms with Gasteiger partial charge in [0.15, 0.2) is 0 Å². The van der Waals surface area contributed by atoms with Crippen LogP contribution in [-0.2, 0) is 24.3 Å². The van der Waals surface area contributed by atoms with E-state index >= 15 is 0 Å². The van der Waals surface area contributed by atoms with Gasteiger partial charge in [-0.15, -0.1) is 0 Å². The molecule has 1 aliphatic heterocycles. The Hall–Kier alpha value is -2.99. The lowest BCUT2D eigenvalue weighted by Crippen LogP contribution is -2.32. The van der Waals surface area contributed by atoms with E-state index in [1.165, 1.54) is 0 Å². The van der Waals surface area contributed by atoms with E-state index in [1.54, 1.807) is 10.9 Å². The number of furan rings is 1. The molecule has 6 nitrogen and oxygen atoms in total. The van der Waals surface area contributed by atoms with Gasteiger partial charge in [-0.3, -0.25) is 9.36 Å². The molecule has 0 amide bonds. The third kappa shape index (κ3) is 2.73. The molecular formula is C21H19N3O3. The van der Waals surface area contributed by atoms with Gasteiger partial charge in [0.05, 0.1) is 36.2 Å². The van der Waals surface area contributed by atoms with Crippen LogP contribution in [0, 0.1) is 0 Å². The largest absolute Gasteiger partial charge is 0.430 e. The molecule has 5 rings (SSSR count). The second kappa shape index (κ2) is 5.76. The number of benzene rings is 1. The fourth-order valence-electron chi connectivity index (χ4n) is 3.57. The molecule has 136 valence electrons. The fourth-order valence-corrected chi connectivity index (χ4v) is 3.57. The minimum absolute atomic E-state index is 0.198. The Kier molecular flexibility index (Phi) is 3.45. The minimum Gasteiger partial charge on any atom is -0.430 e. The summed E-state index contributed by atoms with van der Waals surface area (Å²) in [6.07, 6.45) is 2.28. The van der Waals surface area contributed by atoms with Gasteiger partial charge >= 0.3 is 0 Å². The highest BCUT2D eigenvalue weighted by atomic mass is 16.5. The summed E-state index contributed by atoms with van der Waals surface area (Å²) < 4.78 is 13.3. The number of fused-ring (bicyclic) bond motifs is 4. The predicted molar refractivity (Wildman–Crippen MR) is 102 cm³/mol. The first-order valence-corrected chi connectivity index (χ1v) is 8.98. The van der Waals surface area contributed by atoms with Crippen molar-refractivity contribution in [3.63, 3.8) is 0 Å². The van der Waals surface area contributed by atoms with Crippen LogP contribution in [0.1, 0.15) is 30.7 Å². The van der Waals surface area contributed by atoms with Crippen LogP contribution < -0.4 is 5.56 Å². The SMILES string of the molecule is CC1(C)Cc2nc3oc4c(=O)n(Cc5ccccc5)cnc4c3cc2CO1. The molecule has 0 bridgehead atoms. The Morgan fingerprint density at radius 2 is 2.04 bits per heavy atom. The molecule has 0 saturated carbocycles. The van der Waals surface area contributed by atoms with Crippen molar-refractivity contribution in [3.8, 4) is 0 Å². The second-order valence-corrected chi connectivity index (χ2v) is 7.62. The highest BCUT2D eigenvalue weighted by molar-refractivity contribution is 6.00. The number of aromatic nitrogens is 3. The predicted octanol–water partition coefficient (Wildman–Crippen LogP) is 3.44. The average molecular weight is 361 g/mol. The quantitative estimate of drug-likeness (QED) is 0.547. The summed E-state index contributed by atoms with van der Waals surface area (Å²) in [6, 6.07) is 11.8. The van der Waals surface area contributed by atoms with Crippen molar-refractivity contribution < 1.29 is 9.15 Å². The molecule has 4 heterocycles. The molecular weight excluding hydrogens is 342 g/mol. The average Bonchev–Trinajstić information content (AvgIpc) is 3.01. The van der Waals surface area contributed by atoms with Gasteiger partial charge in [-0.2, -0.15) is 0 Å². The van der Waals surface area contributed by atoms with Gasteiger partial charge < -0.3 is 9.15 Å². The first kappa shape index (κ1) is 16.2. The van der Waals surface area contributed by atoms with Crippen molar-refractivity contribution in [1.29, 1.82) is 0 Å². The molecule has 6 heteroatoms. The molecule has 0 fully saturated rings. The third-order valence-corrected chi connectivity index (χ3v) is 5.01. The van der Waals surface area contributed by atoms with Crippen LogP contribution in [0.3, 0.4) is 0 Å². The number of nitrogens with zero attached hydrogens (tertiary/aromatic N) is 3. The number of ether oxygens (including phenoxy) is 1. The lowest BCUT2D eigenvalue weighted by molar-refractivity contribution is -0.0411. The maximum atomic E-state index is 12.9. The van der Waals surface area contributed by atoms with Crippen LogP contribution in [0.15, 0.2) is 51.9 Å². The van der Waals surface area contributed by atoms with Crippen LogP contribution in [0.2, 0.25) is 0 Å². The molecule has 0 aliphatic carbocycles. The van der Waals surface area contributed by atoms with Crippen LogP contribution in [0.4, 0.5) is 0 Å². The number of hydrogen-bond acceptors (Lipinski definition) is 5. The van der Waals surface area contributed by atoms with Gasteiger partial charge in [0, 0.05) is 12.0 Å². The van der Waals surface area contributed by atoms with Crippen molar-refractivity contribution in [1.82, 2.24) is 14.5 Å². The molecule has 27 heavy (non-hydrogen) atoms. The molecule has 0 atom stereocenters. The number of rotatable bonds is 2. The molecule has 3 aromatic heterocycles. The summed E-state index contributed by atoms with van der Waals surface area (Å²) in [4.78, 5) is 22.1. The molecule has 0 N–H and O–H groups in total. The maximum absolute atomic E-state index is 12.9. The summed E-state index contributed by atoms with van der Waals surface area (Å²) in [5, 5.41) is 0.760. The van der Waals surface area contributed by atoms with Crippen molar-refractivity contribution >= 4 is 22.2 Å². The molecule has 1 aromatic carbocycles. The fraction of sp³-hybridized carbons (Fsp3) is 0.286. The summed E-state index contributed by atoms with van der Waals surface area (Å²) in [7, 11) is 0. The van der Waals surface area contributed by atoms with Gasteiger partial charge in [0.2, 0.25) is 11.3 Å². The van der Waals surface area contributed by atoms with Crippen molar-refractivity contribution in [2.24, 2.45) is 0 Å². The summed E-state index contributed by atoms with van der Waals surface area (Å²) >= 11 is 0. The van der Waals surface area contributed by atoms with Gasteiger partial charge in [-0.05, 0) is 25.5 Å². The van der Waals surface area contributed by atoms with E-state index in [4.69, 9.17) is 9.15 Å². The lowest BCUT2D eigenvalue weighted by Gasteiger charge is -2.30. The molecule has 0 spiro atoms. The Morgan fingerprint density at radius 1 is 1.22 bits per heavy atom. The van der Waals surface area contributed by atoms with E-state index in [-0.39, 0.29) is 16.7 Å². The third-order valence-electron chi connectivity index (χ3n) is 5.01. The zero-order valence-electron chi connectivity index (χ0n) is 15.2. The molecule has 0 saturated heterocycles. The van der Waals surface area contributed by atoms with Gasteiger partial charge in [-0.1, -0.05) is 30.3 Å². The van der Waals surface area contributed by atoms with Crippen molar-refractivity contribution in [3.05, 3.63) is 69.9 Å². The first-order chi connectivity index (χ1) is 13.0. The maximum Gasteiger partial charge on any atom is 0.297 e. The van der Waals surface area contributed by atoms with Crippen LogP contribution in [0.5, 0.6) is 0 Å². The molecule has 4 aromatic rings. The Bertz CT molecular complexity index is 1220. The molecule has 0 unspecified atom stereocenters. The minimum atomic E-state index is -0.250. The van der Waals surface area contributed by atoms with E-state index in [9.17, 15) is 4.79 Å². The number of hydrogen-bond donors (Lipinski definition) is 0. The molecule has 0 radical (unpaired) electrons. The monoisotopic (exact) mass is 361 g/mol. The van der Waals surface area contributed by atoms with E-state index in [0.29, 0.717) is 30.8 Å². The Balaban J connectivity index is 1.64. The highest BCUT2D eigenvalue weighted by Crippen LogP contribution is 2.31. The summed E-state index contributed by atoms with van der Waals surface area (Å²) in [6.45, 7) is 5.04.